The lowest BCUT2D eigenvalue weighted by Gasteiger charge is -2.36. The van der Waals surface area contributed by atoms with E-state index in [0.717, 1.165) is 86.3 Å². The first-order valence-corrected chi connectivity index (χ1v) is 13.9. The lowest BCUT2D eigenvalue weighted by atomic mass is 9.95. The average molecular weight is 513 g/mol. The van der Waals surface area contributed by atoms with Gasteiger partial charge >= 0.3 is 0 Å². The second-order valence-corrected chi connectivity index (χ2v) is 10.8. The number of aromatic amines is 1. The fraction of sp³-hybridized carbons (Fsp3) is 0.433. The largest absolute Gasteiger partial charge is 0.371 e. The summed E-state index contributed by atoms with van der Waals surface area (Å²) in [4.78, 5) is 33.2. The number of piperazine rings is 1. The molecule has 38 heavy (non-hydrogen) atoms. The molecule has 1 saturated carbocycles. The molecular weight excluding hydrogens is 476 g/mol. The molecule has 2 N–H and O–H groups in total. The summed E-state index contributed by atoms with van der Waals surface area (Å²) in [5.74, 6) is 0.336. The van der Waals surface area contributed by atoms with Crippen molar-refractivity contribution in [1.29, 1.82) is 0 Å². The van der Waals surface area contributed by atoms with Crippen LogP contribution in [0.3, 0.4) is 0 Å². The molecule has 8 nitrogen and oxygen atoms in total. The summed E-state index contributed by atoms with van der Waals surface area (Å²) in [6.45, 7) is 5.43. The third-order valence-electron chi connectivity index (χ3n) is 8.04. The van der Waals surface area contributed by atoms with Crippen LogP contribution in [0.15, 0.2) is 60.9 Å². The number of carbonyl (C=O) groups excluding carboxylic acids is 2. The fourth-order valence-electron chi connectivity index (χ4n) is 5.72. The van der Waals surface area contributed by atoms with Gasteiger partial charge in [-0.05, 0) is 55.0 Å². The van der Waals surface area contributed by atoms with Crippen LogP contribution in [0.2, 0.25) is 0 Å². The molecule has 8 heteroatoms. The van der Waals surface area contributed by atoms with Gasteiger partial charge < -0.3 is 20.0 Å². The number of hydrogen-bond donors (Lipinski definition) is 2. The van der Waals surface area contributed by atoms with Gasteiger partial charge in [0.15, 0.2) is 0 Å². The summed E-state index contributed by atoms with van der Waals surface area (Å²) in [6, 6.07) is 16.8. The van der Waals surface area contributed by atoms with Crippen molar-refractivity contribution >= 4 is 17.5 Å². The zero-order valence-corrected chi connectivity index (χ0v) is 21.8. The Morgan fingerprint density at radius 3 is 2.53 bits per heavy atom. The number of hydrogen-bond acceptors (Lipinski definition) is 5. The van der Waals surface area contributed by atoms with E-state index in [1.54, 1.807) is 0 Å². The van der Waals surface area contributed by atoms with E-state index in [1.807, 2.05) is 35.5 Å². The van der Waals surface area contributed by atoms with Gasteiger partial charge in [0.05, 0.1) is 12.1 Å². The van der Waals surface area contributed by atoms with Crippen LogP contribution >= 0.6 is 0 Å². The van der Waals surface area contributed by atoms with E-state index >= 15 is 0 Å². The zero-order valence-electron chi connectivity index (χ0n) is 21.8. The van der Waals surface area contributed by atoms with Gasteiger partial charge in [-0.1, -0.05) is 30.3 Å². The van der Waals surface area contributed by atoms with E-state index in [-0.39, 0.29) is 17.7 Å². The van der Waals surface area contributed by atoms with Crippen LogP contribution in [0.5, 0.6) is 0 Å². The Morgan fingerprint density at radius 1 is 0.974 bits per heavy atom. The Labute approximate surface area is 224 Å². The SMILES string of the molecule is O=C(c1cccc(N2CCC[C@H](C(=O)N(Cc3ccc(-c4cn[nH]c4)cc3)C3CC3)C2)c1)N1CCNCC1. The minimum Gasteiger partial charge on any atom is -0.371 e. The van der Waals surface area contributed by atoms with Crippen molar-refractivity contribution in [3.05, 3.63) is 72.1 Å². The number of H-pyrrole nitrogens is 1. The summed E-state index contributed by atoms with van der Waals surface area (Å²) in [5, 5.41) is 10.2. The quantitative estimate of drug-likeness (QED) is 0.506. The first-order valence-electron chi connectivity index (χ1n) is 13.9. The van der Waals surface area contributed by atoms with Crippen LogP contribution in [0.4, 0.5) is 5.69 Å². The summed E-state index contributed by atoms with van der Waals surface area (Å²) in [6.07, 6.45) is 7.78. The zero-order chi connectivity index (χ0) is 25.9. The number of benzene rings is 2. The maximum atomic E-state index is 13.8. The van der Waals surface area contributed by atoms with E-state index in [1.165, 1.54) is 0 Å². The molecule has 2 aliphatic heterocycles. The Kier molecular flexibility index (Phi) is 7.14. The van der Waals surface area contributed by atoms with Crippen molar-refractivity contribution in [1.82, 2.24) is 25.3 Å². The van der Waals surface area contributed by atoms with Crippen LogP contribution in [0.1, 0.15) is 41.6 Å². The van der Waals surface area contributed by atoms with E-state index in [9.17, 15) is 9.59 Å². The highest BCUT2D eigenvalue weighted by Crippen LogP contribution is 2.33. The van der Waals surface area contributed by atoms with Crippen LogP contribution < -0.4 is 10.2 Å². The molecular formula is C30H36N6O2. The molecule has 2 aromatic carbocycles. The molecule has 1 atom stereocenters. The number of rotatable bonds is 7. The third kappa shape index (κ3) is 5.45. The number of piperidine rings is 1. The maximum Gasteiger partial charge on any atom is 0.254 e. The molecule has 1 aliphatic carbocycles. The molecule has 198 valence electrons. The smallest absolute Gasteiger partial charge is 0.254 e. The molecule has 3 heterocycles. The highest BCUT2D eigenvalue weighted by molar-refractivity contribution is 5.95. The second kappa shape index (κ2) is 11.0. The molecule has 0 unspecified atom stereocenters. The Balaban J connectivity index is 1.13. The molecule has 1 aromatic heterocycles. The van der Waals surface area contributed by atoms with Crippen LogP contribution in [0.25, 0.3) is 11.1 Å². The summed E-state index contributed by atoms with van der Waals surface area (Å²) >= 11 is 0. The van der Waals surface area contributed by atoms with Gasteiger partial charge in [-0.3, -0.25) is 14.7 Å². The average Bonchev–Trinajstić information content (AvgIpc) is 3.68. The van der Waals surface area contributed by atoms with Crippen LogP contribution in [0, 0.1) is 5.92 Å². The highest BCUT2D eigenvalue weighted by Gasteiger charge is 2.37. The van der Waals surface area contributed by atoms with Gasteiger partial charge in [0.25, 0.3) is 5.91 Å². The minimum atomic E-state index is -0.0259. The molecule has 2 saturated heterocycles. The van der Waals surface area contributed by atoms with Gasteiger partial charge in [-0.15, -0.1) is 0 Å². The Bertz CT molecular complexity index is 1250. The second-order valence-electron chi connectivity index (χ2n) is 10.8. The van der Waals surface area contributed by atoms with E-state index in [0.29, 0.717) is 19.1 Å². The minimum absolute atomic E-state index is 0.0259. The van der Waals surface area contributed by atoms with Gasteiger partial charge in [-0.25, -0.2) is 0 Å². The fourth-order valence-corrected chi connectivity index (χ4v) is 5.72. The summed E-state index contributed by atoms with van der Waals surface area (Å²) in [7, 11) is 0. The summed E-state index contributed by atoms with van der Waals surface area (Å²) in [5.41, 5.74) is 5.11. The molecule has 3 aromatic rings. The Hall–Kier alpha value is -3.65. The number of amides is 2. The van der Waals surface area contributed by atoms with Crippen molar-refractivity contribution in [3.8, 4) is 11.1 Å². The van der Waals surface area contributed by atoms with Crippen molar-refractivity contribution in [2.24, 2.45) is 5.92 Å². The molecule has 3 fully saturated rings. The predicted octanol–water partition coefficient (Wildman–Crippen LogP) is 3.53. The predicted molar refractivity (Wildman–Crippen MR) is 148 cm³/mol. The maximum absolute atomic E-state index is 13.8. The molecule has 0 bridgehead atoms. The first-order chi connectivity index (χ1) is 18.7. The van der Waals surface area contributed by atoms with Crippen molar-refractivity contribution in [3.63, 3.8) is 0 Å². The monoisotopic (exact) mass is 512 g/mol. The third-order valence-corrected chi connectivity index (χ3v) is 8.04. The topological polar surface area (TPSA) is 84.6 Å². The van der Waals surface area contributed by atoms with Crippen LogP contribution in [-0.4, -0.2) is 77.1 Å². The first kappa shape index (κ1) is 24.7. The molecule has 3 aliphatic rings. The lowest BCUT2D eigenvalue weighted by Crippen LogP contribution is -2.46. The number of aromatic nitrogens is 2. The molecule has 0 spiro atoms. The molecule has 6 rings (SSSR count). The lowest BCUT2D eigenvalue weighted by molar-refractivity contribution is -0.137. The van der Waals surface area contributed by atoms with Crippen molar-refractivity contribution in [2.75, 3.05) is 44.2 Å². The highest BCUT2D eigenvalue weighted by atomic mass is 16.2. The summed E-state index contributed by atoms with van der Waals surface area (Å²) < 4.78 is 0. The van der Waals surface area contributed by atoms with E-state index in [4.69, 9.17) is 0 Å². The molecule has 2 amide bonds. The number of nitrogens with zero attached hydrogens (tertiary/aromatic N) is 4. The Morgan fingerprint density at radius 2 is 1.79 bits per heavy atom. The van der Waals surface area contributed by atoms with Gasteiger partial charge in [-0.2, -0.15) is 5.10 Å². The van der Waals surface area contributed by atoms with Gasteiger partial charge in [0, 0.05) is 74.9 Å². The number of anilines is 1. The van der Waals surface area contributed by atoms with Crippen molar-refractivity contribution in [2.45, 2.75) is 38.3 Å². The van der Waals surface area contributed by atoms with E-state index in [2.05, 4.69) is 55.6 Å². The normalized spacial score (nSPS) is 19.8. The van der Waals surface area contributed by atoms with Gasteiger partial charge in [0.1, 0.15) is 0 Å². The van der Waals surface area contributed by atoms with Crippen LogP contribution in [-0.2, 0) is 11.3 Å². The molecule has 0 radical (unpaired) electrons. The standard InChI is InChI=1S/C30H36N6O2/c37-29(34-15-12-31-13-16-34)24-3-1-5-28(17-24)35-14-2-4-25(21-35)30(38)36(27-10-11-27)20-22-6-8-23(9-7-22)26-18-32-33-19-26/h1,3,5-9,17-19,25,27,31H,2,4,10-16,20-21H2,(H,32,33)/t25-/m0/s1. The van der Waals surface area contributed by atoms with Crippen molar-refractivity contribution < 1.29 is 9.59 Å². The number of carbonyl (C=O) groups is 2. The number of nitrogens with one attached hydrogen (secondary N) is 2. The van der Waals surface area contributed by atoms with Gasteiger partial charge in [0.2, 0.25) is 5.91 Å². The van der Waals surface area contributed by atoms with E-state index < -0.39 is 0 Å².